The maximum atomic E-state index is 12.6. The van der Waals surface area contributed by atoms with Crippen LogP contribution in [-0.4, -0.2) is 28.0 Å². The number of anilines is 2. The average molecular weight is 386 g/mol. The van der Waals surface area contributed by atoms with Gasteiger partial charge in [0.25, 0.3) is 5.91 Å². The van der Waals surface area contributed by atoms with Crippen molar-refractivity contribution in [1.29, 1.82) is 0 Å². The molecule has 0 aliphatic carbocycles. The third-order valence-electron chi connectivity index (χ3n) is 4.13. The molecule has 0 radical (unpaired) electrons. The molecule has 1 amide bonds. The van der Waals surface area contributed by atoms with Gasteiger partial charge in [-0.2, -0.15) is 4.68 Å². The first-order valence-corrected chi connectivity index (χ1v) is 8.75. The van der Waals surface area contributed by atoms with E-state index in [4.69, 9.17) is 22.1 Å². The summed E-state index contributed by atoms with van der Waals surface area (Å²) in [4.78, 5) is 12.6. The fraction of sp³-hybridized carbons (Fsp3) is 0.211. The number of halogens is 1. The molecular formula is C19H20ClN5O2. The molecule has 3 aromatic rings. The standard InChI is InChI=1S/C19H20ClN5O2/c1-11(2)12-4-7-14(8-5-12)25-18(21)17(23-24-25)19(26)22-15-10-13(20)6-9-16(15)27-3/h4-11H,21H2,1-3H3,(H,22,26). The molecular weight excluding hydrogens is 366 g/mol. The van der Waals surface area contributed by atoms with Crippen molar-refractivity contribution >= 4 is 29.0 Å². The van der Waals surface area contributed by atoms with Crippen molar-refractivity contribution in [2.45, 2.75) is 19.8 Å². The van der Waals surface area contributed by atoms with Gasteiger partial charge in [0, 0.05) is 5.02 Å². The van der Waals surface area contributed by atoms with Gasteiger partial charge in [-0.1, -0.05) is 42.8 Å². The van der Waals surface area contributed by atoms with Crippen LogP contribution in [0.2, 0.25) is 5.02 Å². The molecule has 7 nitrogen and oxygen atoms in total. The zero-order valence-electron chi connectivity index (χ0n) is 15.2. The summed E-state index contributed by atoms with van der Waals surface area (Å²) < 4.78 is 6.65. The first kappa shape index (κ1) is 18.7. The lowest BCUT2D eigenvalue weighted by molar-refractivity contribution is 0.102. The summed E-state index contributed by atoms with van der Waals surface area (Å²) in [5.74, 6) is 0.535. The molecule has 0 bridgehead atoms. The molecule has 1 aromatic heterocycles. The van der Waals surface area contributed by atoms with Crippen LogP contribution in [-0.2, 0) is 0 Å². The molecule has 0 saturated carbocycles. The van der Waals surface area contributed by atoms with Crippen molar-refractivity contribution in [2.75, 3.05) is 18.2 Å². The Kier molecular flexibility index (Phi) is 5.32. The number of ether oxygens (including phenoxy) is 1. The van der Waals surface area contributed by atoms with Gasteiger partial charge in [-0.15, -0.1) is 5.10 Å². The molecule has 0 aliphatic rings. The van der Waals surface area contributed by atoms with Crippen molar-refractivity contribution in [3.05, 3.63) is 58.7 Å². The Bertz CT molecular complexity index is 967. The number of nitrogen functional groups attached to an aromatic ring is 1. The van der Waals surface area contributed by atoms with Crippen LogP contribution in [0.1, 0.15) is 35.8 Å². The molecule has 27 heavy (non-hydrogen) atoms. The van der Waals surface area contributed by atoms with Gasteiger partial charge >= 0.3 is 0 Å². The number of nitrogens with two attached hydrogens (primary N) is 1. The van der Waals surface area contributed by atoms with Gasteiger partial charge in [0.15, 0.2) is 11.5 Å². The zero-order valence-corrected chi connectivity index (χ0v) is 16.0. The summed E-state index contributed by atoms with van der Waals surface area (Å²) in [6, 6.07) is 12.7. The number of hydrogen-bond donors (Lipinski definition) is 2. The number of benzene rings is 2. The highest BCUT2D eigenvalue weighted by molar-refractivity contribution is 6.31. The average Bonchev–Trinajstić information content (AvgIpc) is 3.03. The van der Waals surface area contributed by atoms with E-state index in [1.165, 1.54) is 17.4 Å². The number of rotatable bonds is 5. The quantitative estimate of drug-likeness (QED) is 0.694. The lowest BCUT2D eigenvalue weighted by Crippen LogP contribution is -2.15. The second-order valence-corrected chi connectivity index (χ2v) is 6.72. The van der Waals surface area contributed by atoms with Crippen molar-refractivity contribution < 1.29 is 9.53 Å². The normalized spacial score (nSPS) is 10.9. The molecule has 3 N–H and O–H groups in total. The van der Waals surface area contributed by atoms with E-state index < -0.39 is 5.91 Å². The topological polar surface area (TPSA) is 95.1 Å². The summed E-state index contributed by atoms with van der Waals surface area (Å²) in [7, 11) is 1.50. The number of nitrogens with zero attached hydrogens (tertiary/aromatic N) is 3. The van der Waals surface area contributed by atoms with Gasteiger partial charge in [0.2, 0.25) is 0 Å². The summed E-state index contributed by atoms with van der Waals surface area (Å²) >= 11 is 5.99. The van der Waals surface area contributed by atoms with Crippen LogP contribution in [0.4, 0.5) is 11.5 Å². The molecule has 1 heterocycles. The van der Waals surface area contributed by atoms with Crippen LogP contribution in [0, 0.1) is 0 Å². The number of amides is 1. The van der Waals surface area contributed by atoms with Crippen LogP contribution < -0.4 is 15.8 Å². The Morgan fingerprint density at radius 3 is 2.56 bits per heavy atom. The Morgan fingerprint density at radius 1 is 1.22 bits per heavy atom. The Labute approximate surface area is 162 Å². The van der Waals surface area contributed by atoms with E-state index >= 15 is 0 Å². The maximum absolute atomic E-state index is 12.6. The minimum absolute atomic E-state index is 0.0185. The van der Waals surface area contributed by atoms with Gasteiger partial charge in [0.1, 0.15) is 5.75 Å². The SMILES string of the molecule is COc1ccc(Cl)cc1NC(=O)c1nnn(-c2ccc(C(C)C)cc2)c1N. The van der Waals surface area contributed by atoms with Crippen LogP contribution >= 0.6 is 11.6 Å². The van der Waals surface area contributed by atoms with E-state index in [0.717, 1.165) is 5.69 Å². The molecule has 2 aromatic carbocycles. The molecule has 0 atom stereocenters. The van der Waals surface area contributed by atoms with Gasteiger partial charge in [-0.3, -0.25) is 4.79 Å². The van der Waals surface area contributed by atoms with E-state index in [0.29, 0.717) is 22.4 Å². The Hall–Kier alpha value is -3.06. The molecule has 3 rings (SSSR count). The molecule has 0 aliphatic heterocycles. The lowest BCUT2D eigenvalue weighted by atomic mass is 10.0. The smallest absolute Gasteiger partial charge is 0.280 e. The number of aromatic nitrogens is 3. The minimum atomic E-state index is -0.502. The lowest BCUT2D eigenvalue weighted by Gasteiger charge is -2.10. The van der Waals surface area contributed by atoms with Crippen LogP contribution in [0.5, 0.6) is 5.75 Å². The van der Waals surface area contributed by atoms with Gasteiger partial charge < -0.3 is 15.8 Å². The van der Waals surface area contributed by atoms with Gasteiger partial charge in [-0.25, -0.2) is 0 Å². The molecule has 0 fully saturated rings. The second kappa shape index (κ2) is 7.67. The summed E-state index contributed by atoms with van der Waals surface area (Å²) in [5, 5.41) is 11.1. The highest BCUT2D eigenvalue weighted by Crippen LogP contribution is 2.28. The fourth-order valence-electron chi connectivity index (χ4n) is 2.60. The number of carbonyl (C=O) groups excluding carboxylic acids is 1. The molecule has 0 unspecified atom stereocenters. The number of nitrogens with one attached hydrogen (secondary N) is 1. The Balaban J connectivity index is 1.86. The van der Waals surface area contributed by atoms with Crippen molar-refractivity contribution in [3.63, 3.8) is 0 Å². The van der Waals surface area contributed by atoms with Crippen molar-refractivity contribution in [3.8, 4) is 11.4 Å². The largest absolute Gasteiger partial charge is 0.495 e. The predicted octanol–water partition coefficient (Wildman–Crippen LogP) is 3.89. The summed E-state index contributed by atoms with van der Waals surface area (Å²) in [5.41, 5.74) is 8.47. The minimum Gasteiger partial charge on any atom is -0.495 e. The van der Waals surface area contributed by atoms with Crippen LogP contribution in [0.25, 0.3) is 5.69 Å². The van der Waals surface area contributed by atoms with Crippen molar-refractivity contribution in [2.24, 2.45) is 0 Å². The predicted molar refractivity (Wildman–Crippen MR) is 106 cm³/mol. The van der Waals surface area contributed by atoms with Gasteiger partial charge in [-0.05, 0) is 41.8 Å². The summed E-state index contributed by atoms with van der Waals surface area (Å²) in [6.07, 6.45) is 0. The van der Waals surface area contributed by atoms with Crippen LogP contribution in [0.15, 0.2) is 42.5 Å². The monoisotopic (exact) mass is 385 g/mol. The third-order valence-corrected chi connectivity index (χ3v) is 4.37. The third kappa shape index (κ3) is 3.88. The first-order valence-electron chi connectivity index (χ1n) is 8.37. The molecule has 0 spiro atoms. The highest BCUT2D eigenvalue weighted by Gasteiger charge is 2.20. The zero-order chi connectivity index (χ0) is 19.6. The van der Waals surface area contributed by atoms with Gasteiger partial charge in [0.05, 0.1) is 18.5 Å². The van der Waals surface area contributed by atoms with E-state index in [1.54, 1.807) is 18.2 Å². The number of carbonyl (C=O) groups is 1. The number of methoxy groups -OCH3 is 1. The summed E-state index contributed by atoms with van der Waals surface area (Å²) in [6.45, 7) is 4.23. The fourth-order valence-corrected chi connectivity index (χ4v) is 2.77. The van der Waals surface area contributed by atoms with E-state index in [2.05, 4.69) is 29.5 Å². The second-order valence-electron chi connectivity index (χ2n) is 6.28. The molecule has 140 valence electrons. The Morgan fingerprint density at radius 2 is 1.93 bits per heavy atom. The van der Waals surface area contributed by atoms with E-state index in [1.807, 2.05) is 24.3 Å². The van der Waals surface area contributed by atoms with Crippen LogP contribution in [0.3, 0.4) is 0 Å². The maximum Gasteiger partial charge on any atom is 0.280 e. The molecule has 8 heteroatoms. The van der Waals surface area contributed by atoms with Crippen molar-refractivity contribution in [1.82, 2.24) is 15.0 Å². The van der Waals surface area contributed by atoms with E-state index in [-0.39, 0.29) is 11.5 Å². The number of hydrogen-bond acceptors (Lipinski definition) is 5. The first-order chi connectivity index (χ1) is 12.9. The highest BCUT2D eigenvalue weighted by atomic mass is 35.5. The molecule has 0 saturated heterocycles. The van der Waals surface area contributed by atoms with E-state index in [9.17, 15) is 4.79 Å².